The van der Waals surface area contributed by atoms with Crippen LogP contribution in [-0.2, 0) is 0 Å². The van der Waals surface area contributed by atoms with Gasteiger partial charge in [-0.2, -0.15) is 5.26 Å². The van der Waals surface area contributed by atoms with E-state index < -0.39 is 0 Å². The minimum Gasteiger partial charge on any atom is -0.198 e. The summed E-state index contributed by atoms with van der Waals surface area (Å²) in [5.74, 6) is 2.91. The van der Waals surface area contributed by atoms with Gasteiger partial charge in [-0.3, -0.25) is 0 Å². The van der Waals surface area contributed by atoms with E-state index in [4.69, 9.17) is 0 Å². The van der Waals surface area contributed by atoms with Crippen LogP contribution in [0.1, 0.15) is 90.9 Å². The molecule has 1 nitrogen and oxygen atoms in total. The average Bonchev–Trinajstić information content (AvgIpc) is 2.57. The molecule has 2 aliphatic carbocycles. The third kappa shape index (κ3) is 4.61. The van der Waals surface area contributed by atoms with Crippen molar-refractivity contribution in [1.29, 1.82) is 5.26 Å². The lowest BCUT2D eigenvalue weighted by Crippen LogP contribution is -2.31. The number of rotatable bonds is 6. The van der Waals surface area contributed by atoms with E-state index in [-0.39, 0.29) is 5.41 Å². The lowest BCUT2D eigenvalue weighted by Gasteiger charge is -2.40. The molecule has 0 bridgehead atoms. The van der Waals surface area contributed by atoms with Crippen LogP contribution in [0.15, 0.2) is 12.2 Å². The Balaban J connectivity index is 1.78. The molecule has 2 aliphatic rings. The molecule has 0 aromatic heterocycles. The van der Waals surface area contributed by atoms with Crippen LogP contribution >= 0.6 is 0 Å². The maximum absolute atomic E-state index is 9.66. The minimum atomic E-state index is -0.00454. The molecule has 0 radical (unpaired) electrons. The van der Waals surface area contributed by atoms with E-state index in [0.29, 0.717) is 0 Å². The zero-order valence-corrected chi connectivity index (χ0v) is 14.8. The fourth-order valence-corrected chi connectivity index (χ4v) is 4.96. The number of nitriles is 1. The van der Waals surface area contributed by atoms with Gasteiger partial charge in [0.25, 0.3) is 0 Å². The number of hydrogen-bond acceptors (Lipinski definition) is 1. The van der Waals surface area contributed by atoms with Crippen LogP contribution in [0, 0.1) is 34.5 Å². The van der Waals surface area contributed by atoms with Crippen LogP contribution in [0.5, 0.6) is 0 Å². The Labute approximate surface area is 138 Å². The molecule has 2 saturated carbocycles. The minimum absolute atomic E-state index is 0.00454. The summed E-state index contributed by atoms with van der Waals surface area (Å²) >= 11 is 0. The van der Waals surface area contributed by atoms with Gasteiger partial charge < -0.3 is 0 Å². The van der Waals surface area contributed by atoms with Crippen molar-refractivity contribution in [2.24, 2.45) is 23.2 Å². The molecule has 0 atom stereocenters. The first-order valence-corrected chi connectivity index (χ1v) is 9.75. The van der Waals surface area contributed by atoms with Crippen LogP contribution in [0.2, 0.25) is 0 Å². The van der Waals surface area contributed by atoms with Crippen molar-refractivity contribution in [2.45, 2.75) is 90.9 Å². The highest BCUT2D eigenvalue weighted by Gasteiger charge is 2.38. The quantitative estimate of drug-likeness (QED) is 0.504. The molecule has 124 valence electrons. The van der Waals surface area contributed by atoms with E-state index in [1.165, 1.54) is 51.4 Å². The number of nitrogens with zero attached hydrogens (tertiary/aromatic N) is 1. The summed E-state index contributed by atoms with van der Waals surface area (Å²) in [7, 11) is 0. The van der Waals surface area contributed by atoms with Gasteiger partial charge in [0.1, 0.15) is 0 Å². The zero-order chi connectivity index (χ0) is 15.8. The largest absolute Gasteiger partial charge is 0.198 e. The SMILES string of the molecule is C/C=C\CCC1(C#N)CCC(C2CCC(CCC)CC2)CC1. The smallest absolute Gasteiger partial charge is 0.0689 e. The Morgan fingerprint density at radius 2 is 1.68 bits per heavy atom. The molecule has 0 aromatic carbocycles. The van der Waals surface area contributed by atoms with Gasteiger partial charge in [0.2, 0.25) is 0 Å². The Morgan fingerprint density at radius 3 is 2.23 bits per heavy atom. The second-order valence-electron chi connectivity index (χ2n) is 7.91. The summed E-state index contributed by atoms with van der Waals surface area (Å²) in [5.41, 5.74) is -0.00454. The van der Waals surface area contributed by atoms with Gasteiger partial charge in [-0.1, -0.05) is 44.8 Å². The molecule has 22 heavy (non-hydrogen) atoms. The summed E-state index contributed by atoms with van der Waals surface area (Å²) in [6.45, 7) is 4.40. The monoisotopic (exact) mass is 301 g/mol. The molecule has 0 heterocycles. The standard InChI is InChI=1S/C21H35N/c1-3-5-6-14-21(17-22)15-12-20(13-16-21)19-10-8-18(7-4-2)9-11-19/h3,5,18-20H,4,6-16H2,1-2H3/b5-3-. The molecule has 0 aliphatic heterocycles. The van der Waals surface area contributed by atoms with Gasteiger partial charge in [-0.05, 0) is 76.0 Å². The van der Waals surface area contributed by atoms with Crippen LogP contribution in [0.4, 0.5) is 0 Å². The maximum atomic E-state index is 9.66. The van der Waals surface area contributed by atoms with Crippen molar-refractivity contribution >= 4 is 0 Å². The van der Waals surface area contributed by atoms with Crippen molar-refractivity contribution < 1.29 is 0 Å². The summed E-state index contributed by atoms with van der Waals surface area (Å²) in [5, 5.41) is 9.66. The van der Waals surface area contributed by atoms with E-state index in [9.17, 15) is 5.26 Å². The molecular formula is C21H35N. The molecule has 0 unspecified atom stereocenters. The molecule has 0 amide bonds. The van der Waals surface area contributed by atoms with Gasteiger partial charge in [-0.25, -0.2) is 0 Å². The van der Waals surface area contributed by atoms with E-state index in [1.54, 1.807) is 0 Å². The van der Waals surface area contributed by atoms with Crippen LogP contribution in [-0.4, -0.2) is 0 Å². The second kappa shape index (κ2) is 8.76. The first-order valence-electron chi connectivity index (χ1n) is 9.75. The highest BCUT2D eigenvalue weighted by Crippen LogP contribution is 2.47. The average molecular weight is 302 g/mol. The summed E-state index contributed by atoms with van der Waals surface area (Å²) in [6.07, 6.45) is 20.1. The molecule has 1 heteroatoms. The highest BCUT2D eigenvalue weighted by molar-refractivity contribution is 5.03. The Kier molecular flexibility index (Phi) is 7.00. The molecule has 2 rings (SSSR count). The van der Waals surface area contributed by atoms with Crippen molar-refractivity contribution in [3.05, 3.63) is 12.2 Å². The predicted octanol–water partition coefficient (Wildman–Crippen LogP) is 6.65. The highest BCUT2D eigenvalue weighted by atomic mass is 14.4. The number of allylic oxidation sites excluding steroid dienone is 2. The van der Waals surface area contributed by atoms with E-state index in [0.717, 1.165) is 43.4 Å². The Bertz CT molecular complexity index is 373. The van der Waals surface area contributed by atoms with E-state index in [2.05, 4.69) is 32.1 Å². The topological polar surface area (TPSA) is 23.8 Å². The van der Waals surface area contributed by atoms with Gasteiger partial charge in [0.15, 0.2) is 0 Å². The fraction of sp³-hybridized carbons (Fsp3) is 0.857. The molecule has 0 spiro atoms. The van der Waals surface area contributed by atoms with E-state index >= 15 is 0 Å². The molecule has 0 N–H and O–H groups in total. The lowest BCUT2D eigenvalue weighted by molar-refractivity contribution is 0.117. The van der Waals surface area contributed by atoms with Gasteiger partial charge >= 0.3 is 0 Å². The fourth-order valence-electron chi connectivity index (χ4n) is 4.96. The Hall–Kier alpha value is -0.770. The summed E-state index contributed by atoms with van der Waals surface area (Å²) < 4.78 is 0. The number of hydrogen-bond donors (Lipinski definition) is 0. The van der Waals surface area contributed by atoms with Crippen LogP contribution in [0.25, 0.3) is 0 Å². The zero-order valence-electron chi connectivity index (χ0n) is 14.8. The van der Waals surface area contributed by atoms with Crippen molar-refractivity contribution in [1.82, 2.24) is 0 Å². The van der Waals surface area contributed by atoms with E-state index in [1.807, 2.05) is 0 Å². The maximum Gasteiger partial charge on any atom is 0.0689 e. The normalized spacial score (nSPS) is 36.3. The summed E-state index contributed by atoms with van der Waals surface area (Å²) in [6, 6.07) is 2.69. The van der Waals surface area contributed by atoms with Gasteiger partial charge in [0.05, 0.1) is 11.5 Å². The third-order valence-corrected chi connectivity index (χ3v) is 6.50. The molecule has 0 aromatic rings. The van der Waals surface area contributed by atoms with Crippen molar-refractivity contribution in [3.63, 3.8) is 0 Å². The van der Waals surface area contributed by atoms with Crippen molar-refractivity contribution in [2.75, 3.05) is 0 Å². The van der Waals surface area contributed by atoms with Gasteiger partial charge in [-0.15, -0.1) is 0 Å². The lowest BCUT2D eigenvalue weighted by atomic mass is 9.63. The molecule has 0 saturated heterocycles. The van der Waals surface area contributed by atoms with Crippen LogP contribution in [0.3, 0.4) is 0 Å². The first-order chi connectivity index (χ1) is 10.7. The molecular weight excluding hydrogens is 266 g/mol. The predicted molar refractivity (Wildman–Crippen MR) is 94.4 cm³/mol. The van der Waals surface area contributed by atoms with Crippen LogP contribution < -0.4 is 0 Å². The van der Waals surface area contributed by atoms with Crippen molar-refractivity contribution in [3.8, 4) is 6.07 Å². The second-order valence-corrected chi connectivity index (χ2v) is 7.91. The first kappa shape index (κ1) is 17.6. The Morgan fingerprint density at radius 1 is 1.05 bits per heavy atom. The molecule has 2 fully saturated rings. The van der Waals surface area contributed by atoms with Gasteiger partial charge in [0, 0.05) is 0 Å². The summed E-state index contributed by atoms with van der Waals surface area (Å²) in [4.78, 5) is 0. The third-order valence-electron chi connectivity index (χ3n) is 6.50.